The molecule has 1 aliphatic carbocycles. The van der Waals surface area contributed by atoms with Crippen molar-refractivity contribution < 1.29 is 4.79 Å². The monoisotopic (exact) mass is 360 g/mol. The van der Waals surface area contributed by atoms with Gasteiger partial charge in [0.2, 0.25) is 12.1 Å². The Morgan fingerprint density at radius 1 is 1.04 bits per heavy atom. The number of guanidine groups is 1. The number of nitrogens with zero attached hydrogens (tertiary/aromatic N) is 3. The Hall–Kier alpha value is -3.48. The average molecular weight is 360 g/mol. The van der Waals surface area contributed by atoms with Crippen LogP contribution < -0.4 is 16.8 Å². The molecule has 2 aliphatic rings. The molecule has 1 heterocycles. The second-order valence-electron chi connectivity index (χ2n) is 6.55. The Morgan fingerprint density at radius 3 is 2.48 bits per heavy atom. The van der Waals surface area contributed by atoms with Gasteiger partial charge in [-0.25, -0.2) is 15.0 Å². The number of amides is 1. The van der Waals surface area contributed by atoms with Crippen LogP contribution in [-0.2, 0) is 4.79 Å². The van der Waals surface area contributed by atoms with E-state index in [2.05, 4.69) is 20.3 Å². The van der Waals surface area contributed by atoms with Gasteiger partial charge in [-0.2, -0.15) is 0 Å². The van der Waals surface area contributed by atoms with Crippen LogP contribution in [0.3, 0.4) is 0 Å². The smallest absolute Gasteiger partial charge is 0.271 e. The number of amidine groups is 1. The highest BCUT2D eigenvalue weighted by molar-refractivity contribution is 6.19. The molecule has 2 aromatic rings. The molecule has 0 aromatic heterocycles. The van der Waals surface area contributed by atoms with E-state index in [9.17, 15) is 4.79 Å². The second kappa shape index (κ2) is 7.03. The molecule has 7 heteroatoms. The van der Waals surface area contributed by atoms with E-state index >= 15 is 0 Å². The first-order valence-electron chi connectivity index (χ1n) is 8.82. The lowest BCUT2D eigenvalue weighted by Crippen LogP contribution is -2.28. The van der Waals surface area contributed by atoms with Crippen molar-refractivity contribution in [3.63, 3.8) is 0 Å². The summed E-state index contributed by atoms with van der Waals surface area (Å²) < 4.78 is 0. The summed E-state index contributed by atoms with van der Waals surface area (Å²) >= 11 is 0. The highest BCUT2D eigenvalue weighted by Crippen LogP contribution is 2.29. The zero-order chi connectivity index (χ0) is 18.8. The number of benzene rings is 2. The predicted molar refractivity (Wildman–Crippen MR) is 107 cm³/mol. The van der Waals surface area contributed by atoms with E-state index in [0.29, 0.717) is 17.2 Å². The Bertz CT molecular complexity index is 959. The lowest BCUT2D eigenvalue weighted by atomic mass is 10.0. The number of anilines is 1. The molecule has 5 N–H and O–H groups in total. The molecule has 4 rings (SSSR count). The Balaban J connectivity index is 1.76. The van der Waals surface area contributed by atoms with E-state index in [0.717, 1.165) is 24.0 Å². The van der Waals surface area contributed by atoms with Gasteiger partial charge in [0, 0.05) is 17.0 Å². The summed E-state index contributed by atoms with van der Waals surface area (Å²) in [4.78, 5) is 25.6. The summed E-state index contributed by atoms with van der Waals surface area (Å²) in [6.45, 7) is 0. The van der Waals surface area contributed by atoms with Crippen LogP contribution in [0.15, 0.2) is 69.6 Å². The number of hydrogen-bond donors (Lipinski definition) is 3. The van der Waals surface area contributed by atoms with Crippen molar-refractivity contribution in [2.75, 3.05) is 5.32 Å². The van der Waals surface area contributed by atoms with Crippen molar-refractivity contribution in [2.45, 2.75) is 19.0 Å². The summed E-state index contributed by atoms with van der Waals surface area (Å²) in [6.07, 6.45) is 0.986. The van der Waals surface area contributed by atoms with Crippen LogP contribution in [-0.4, -0.2) is 29.6 Å². The maximum absolute atomic E-state index is 12.7. The minimum atomic E-state index is -1.04. The van der Waals surface area contributed by atoms with Crippen molar-refractivity contribution in [3.05, 3.63) is 65.7 Å². The molecule has 2 aromatic carbocycles. The van der Waals surface area contributed by atoms with Crippen LogP contribution in [0.2, 0.25) is 0 Å². The molecular formula is C20H20N6O. The summed E-state index contributed by atoms with van der Waals surface area (Å²) in [5, 5.41) is 2.87. The predicted octanol–water partition coefficient (Wildman–Crippen LogP) is 1.88. The molecule has 1 aliphatic heterocycles. The molecule has 136 valence electrons. The SMILES string of the molecule is N/C(=N\C(N)=N\C1N=C(c2ccccc2)c2ccccc2NC1=O)C1CC1. The number of rotatable bonds is 3. The first kappa shape index (κ1) is 17.0. The van der Waals surface area contributed by atoms with Crippen molar-refractivity contribution >= 4 is 29.1 Å². The zero-order valence-electron chi connectivity index (χ0n) is 14.7. The number of nitrogens with two attached hydrogens (primary N) is 2. The van der Waals surface area contributed by atoms with Gasteiger partial charge in [-0.05, 0) is 18.9 Å². The Kier molecular flexibility index (Phi) is 4.42. The average Bonchev–Trinajstić information content (AvgIpc) is 3.52. The van der Waals surface area contributed by atoms with Crippen LogP contribution >= 0.6 is 0 Å². The van der Waals surface area contributed by atoms with Crippen molar-refractivity contribution in [1.29, 1.82) is 0 Å². The third-order valence-corrected chi connectivity index (χ3v) is 4.47. The molecule has 1 amide bonds. The normalized spacial score (nSPS) is 20.4. The van der Waals surface area contributed by atoms with Crippen LogP contribution in [0.1, 0.15) is 24.0 Å². The minimum absolute atomic E-state index is 0.0401. The van der Waals surface area contributed by atoms with Gasteiger partial charge >= 0.3 is 0 Å². The quantitative estimate of drug-likeness (QED) is 0.573. The second-order valence-corrected chi connectivity index (χ2v) is 6.55. The van der Waals surface area contributed by atoms with Gasteiger partial charge in [0.1, 0.15) is 5.84 Å². The fourth-order valence-electron chi connectivity index (χ4n) is 2.92. The van der Waals surface area contributed by atoms with E-state index < -0.39 is 6.17 Å². The van der Waals surface area contributed by atoms with E-state index in [1.165, 1.54) is 0 Å². The number of aliphatic imine (C=N–C) groups is 3. The largest absolute Gasteiger partial charge is 0.387 e. The number of hydrogen-bond acceptors (Lipinski definition) is 3. The summed E-state index contributed by atoms with van der Waals surface area (Å²) in [6, 6.07) is 17.2. The van der Waals surface area contributed by atoms with Gasteiger partial charge in [-0.3, -0.25) is 4.79 Å². The molecule has 0 bridgehead atoms. The van der Waals surface area contributed by atoms with Gasteiger partial charge < -0.3 is 16.8 Å². The summed E-state index contributed by atoms with van der Waals surface area (Å²) in [5.74, 6) is 0.327. The van der Waals surface area contributed by atoms with E-state index in [1.807, 2.05) is 54.6 Å². The first-order chi connectivity index (χ1) is 13.1. The molecule has 27 heavy (non-hydrogen) atoms. The number of fused-ring (bicyclic) bond motifs is 1. The van der Waals surface area contributed by atoms with Crippen LogP contribution in [0.4, 0.5) is 5.69 Å². The lowest BCUT2D eigenvalue weighted by Gasteiger charge is -2.09. The van der Waals surface area contributed by atoms with E-state index in [4.69, 9.17) is 11.5 Å². The molecule has 7 nitrogen and oxygen atoms in total. The highest BCUT2D eigenvalue weighted by Gasteiger charge is 2.27. The van der Waals surface area contributed by atoms with Crippen LogP contribution in [0, 0.1) is 5.92 Å². The zero-order valence-corrected chi connectivity index (χ0v) is 14.7. The molecule has 1 fully saturated rings. The first-order valence-corrected chi connectivity index (χ1v) is 8.82. The summed E-state index contributed by atoms with van der Waals surface area (Å²) in [7, 11) is 0. The standard InChI is InChI=1S/C20H20N6O/c21-17(13-10-11-13)25-20(22)26-18-19(27)23-15-9-5-4-8-14(15)16(24-18)12-6-2-1-3-7-12/h1-9,13,18H,10-11H2,(H,23,27)(H4,21,22,25,26). The topological polar surface area (TPSA) is 118 Å². The van der Waals surface area contributed by atoms with Crippen LogP contribution in [0.25, 0.3) is 0 Å². The highest BCUT2D eigenvalue weighted by atomic mass is 16.2. The maximum atomic E-state index is 12.7. The third kappa shape index (κ3) is 3.72. The van der Waals surface area contributed by atoms with Crippen molar-refractivity contribution in [3.8, 4) is 0 Å². The molecule has 1 saturated carbocycles. The number of para-hydroxylation sites is 1. The number of carbonyl (C=O) groups excluding carboxylic acids is 1. The van der Waals surface area contributed by atoms with Gasteiger partial charge in [0.25, 0.3) is 5.91 Å². The molecule has 0 spiro atoms. The molecule has 1 unspecified atom stereocenters. The minimum Gasteiger partial charge on any atom is -0.387 e. The number of benzodiazepines with no additional fused rings is 1. The molecular weight excluding hydrogens is 340 g/mol. The van der Waals surface area contributed by atoms with E-state index in [-0.39, 0.29) is 17.8 Å². The fourth-order valence-corrected chi connectivity index (χ4v) is 2.92. The Morgan fingerprint density at radius 2 is 1.74 bits per heavy atom. The van der Waals surface area contributed by atoms with Crippen molar-refractivity contribution in [2.24, 2.45) is 32.4 Å². The van der Waals surface area contributed by atoms with E-state index in [1.54, 1.807) is 0 Å². The van der Waals surface area contributed by atoms with Crippen molar-refractivity contribution in [1.82, 2.24) is 0 Å². The molecule has 0 saturated heterocycles. The van der Waals surface area contributed by atoms with Gasteiger partial charge in [-0.1, -0.05) is 48.5 Å². The van der Waals surface area contributed by atoms with Gasteiger partial charge in [0.15, 0.2) is 0 Å². The maximum Gasteiger partial charge on any atom is 0.271 e. The lowest BCUT2D eigenvalue weighted by molar-refractivity contribution is -0.117. The van der Waals surface area contributed by atoms with Gasteiger partial charge in [0.05, 0.1) is 11.4 Å². The fraction of sp³-hybridized carbons (Fsp3) is 0.200. The molecule has 0 radical (unpaired) electrons. The number of carbonyl (C=O) groups is 1. The molecule has 1 atom stereocenters. The Labute approximate surface area is 156 Å². The van der Waals surface area contributed by atoms with Crippen LogP contribution in [0.5, 0.6) is 0 Å². The summed E-state index contributed by atoms with van der Waals surface area (Å²) in [5.41, 5.74) is 14.9. The van der Waals surface area contributed by atoms with Gasteiger partial charge in [-0.15, -0.1) is 0 Å². The number of nitrogens with one attached hydrogen (secondary N) is 1. The third-order valence-electron chi connectivity index (χ3n) is 4.47.